The van der Waals surface area contributed by atoms with Crippen molar-refractivity contribution in [2.75, 3.05) is 12.4 Å². The lowest BCUT2D eigenvalue weighted by Gasteiger charge is -2.11. The van der Waals surface area contributed by atoms with Crippen molar-refractivity contribution in [1.82, 2.24) is 4.98 Å². The van der Waals surface area contributed by atoms with Crippen LogP contribution in [0.4, 0.5) is 23.2 Å². The van der Waals surface area contributed by atoms with Gasteiger partial charge in [0, 0.05) is 11.3 Å². The van der Waals surface area contributed by atoms with Crippen LogP contribution in [-0.2, 0) is 0 Å². The average Bonchev–Trinajstić information content (AvgIpc) is 3.16. The maximum Gasteiger partial charge on any atom is 0.261 e. The van der Waals surface area contributed by atoms with Crippen molar-refractivity contribution in [2.45, 2.75) is 13.8 Å². The zero-order valence-corrected chi connectivity index (χ0v) is 17.1. The van der Waals surface area contributed by atoms with Crippen LogP contribution in [0.25, 0.3) is 22.6 Å². The zero-order valence-electron chi connectivity index (χ0n) is 17.1. The second kappa shape index (κ2) is 7.99. The number of methoxy groups -OCH3 is 1. The summed E-state index contributed by atoms with van der Waals surface area (Å²) in [7, 11) is 0.848. The van der Waals surface area contributed by atoms with Gasteiger partial charge in [-0.15, -0.1) is 0 Å². The number of aromatic nitrogens is 1. The van der Waals surface area contributed by atoms with Gasteiger partial charge in [0.2, 0.25) is 17.5 Å². The molecule has 4 rings (SSSR count). The molecule has 0 aliphatic heterocycles. The molecule has 1 heterocycles. The molecule has 0 bridgehead atoms. The molecule has 0 unspecified atom stereocenters. The van der Waals surface area contributed by atoms with Crippen molar-refractivity contribution in [1.29, 1.82) is 0 Å². The summed E-state index contributed by atoms with van der Waals surface area (Å²) in [5.74, 6) is -9.69. The van der Waals surface area contributed by atoms with Gasteiger partial charge in [0.1, 0.15) is 11.1 Å². The maximum absolute atomic E-state index is 14.2. The van der Waals surface area contributed by atoms with Gasteiger partial charge in [-0.3, -0.25) is 4.79 Å². The summed E-state index contributed by atoms with van der Waals surface area (Å²) in [6, 6.07) is 9.83. The number of halogens is 4. The molecule has 0 fully saturated rings. The van der Waals surface area contributed by atoms with E-state index in [9.17, 15) is 22.4 Å². The van der Waals surface area contributed by atoms with E-state index in [0.717, 1.165) is 18.2 Å². The predicted octanol–water partition coefficient (Wildman–Crippen LogP) is 5.93. The number of carbonyl (C=O) groups is 1. The lowest BCUT2D eigenvalue weighted by molar-refractivity contribution is 0.101. The largest absolute Gasteiger partial charge is 0.491 e. The van der Waals surface area contributed by atoms with Crippen LogP contribution in [0.2, 0.25) is 0 Å². The highest BCUT2D eigenvalue weighted by molar-refractivity contribution is 6.05. The molecule has 164 valence electrons. The number of anilines is 1. The number of amides is 1. The third kappa shape index (κ3) is 3.55. The lowest BCUT2D eigenvalue weighted by atomic mass is 10.1. The first-order chi connectivity index (χ1) is 15.2. The predicted molar refractivity (Wildman–Crippen MR) is 110 cm³/mol. The number of ether oxygens (including phenoxy) is 1. The molecule has 1 aromatic heterocycles. The van der Waals surface area contributed by atoms with Gasteiger partial charge >= 0.3 is 0 Å². The van der Waals surface area contributed by atoms with Gasteiger partial charge in [0.15, 0.2) is 23.0 Å². The Labute approximate surface area is 179 Å². The second-order valence-corrected chi connectivity index (χ2v) is 7.12. The fourth-order valence-electron chi connectivity index (χ4n) is 3.22. The van der Waals surface area contributed by atoms with Crippen molar-refractivity contribution >= 4 is 22.7 Å². The molecule has 9 heteroatoms. The topological polar surface area (TPSA) is 64.4 Å². The van der Waals surface area contributed by atoms with Gasteiger partial charge in [-0.1, -0.05) is 6.07 Å². The molecule has 0 radical (unpaired) electrons. The summed E-state index contributed by atoms with van der Waals surface area (Å²) >= 11 is 0. The van der Waals surface area contributed by atoms with Gasteiger partial charge < -0.3 is 14.5 Å². The van der Waals surface area contributed by atoms with E-state index < -0.39 is 40.5 Å². The molecule has 0 spiro atoms. The molecule has 0 atom stereocenters. The number of nitrogens with zero attached hydrogens (tertiary/aromatic N) is 1. The number of oxazole rings is 1. The van der Waals surface area contributed by atoms with Crippen LogP contribution < -0.4 is 10.1 Å². The SMILES string of the molecule is COc1c(F)c(F)c(C(=O)Nc2cccc(-c3nc4cc(C)c(C)cc4o3)c2)c(F)c1F. The zero-order chi connectivity index (χ0) is 23.2. The Morgan fingerprint density at radius 2 is 1.62 bits per heavy atom. The number of benzene rings is 3. The highest BCUT2D eigenvalue weighted by Gasteiger charge is 2.30. The molecule has 0 aliphatic rings. The molecular weight excluding hydrogens is 428 g/mol. The highest BCUT2D eigenvalue weighted by atomic mass is 19.2. The summed E-state index contributed by atoms with van der Waals surface area (Å²) in [5, 5.41) is 2.23. The maximum atomic E-state index is 14.2. The van der Waals surface area contributed by atoms with Gasteiger partial charge in [-0.25, -0.2) is 13.8 Å². The van der Waals surface area contributed by atoms with E-state index in [1.807, 2.05) is 26.0 Å². The molecule has 32 heavy (non-hydrogen) atoms. The normalized spacial score (nSPS) is 11.1. The van der Waals surface area contributed by atoms with Crippen molar-refractivity contribution in [3.8, 4) is 17.2 Å². The Morgan fingerprint density at radius 1 is 0.969 bits per heavy atom. The molecule has 5 nitrogen and oxygen atoms in total. The molecule has 0 saturated carbocycles. The Kier molecular flexibility index (Phi) is 5.33. The van der Waals surface area contributed by atoms with Crippen LogP contribution in [0.3, 0.4) is 0 Å². The minimum Gasteiger partial charge on any atom is -0.491 e. The van der Waals surface area contributed by atoms with Gasteiger partial charge in [-0.2, -0.15) is 8.78 Å². The summed E-state index contributed by atoms with van der Waals surface area (Å²) in [6.45, 7) is 3.89. The third-order valence-electron chi connectivity index (χ3n) is 5.03. The van der Waals surface area contributed by atoms with E-state index in [1.54, 1.807) is 12.1 Å². The van der Waals surface area contributed by atoms with Crippen molar-refractivity contribution < 1.29 is 31.5 Å². The number of carbonyl (C=O) groups excluding carboxylic acids is 1. The van der Waals surface area contributed by atoms with E-state index in [1.165, 1.54) is 12.1 Å². The highest BCUT2D eigenvalue weighted by Crippen LogP contribution is 2.31. The summed E-state index contributed by atoms with van der Waals surface area (Å²) < 4.78 is 66.4. The first-order valence-electron chi connectivity index (χ1n) is 9.40. The first-order valence-corrected chi connectivity index (χ1v) is 9.40. The quantitative estimate of drug-likeness (QED) is 0.313. The van der Waals surface area contributed by atoms with Crippen LogP contribution in [0, 0.1) is 37.1 Å². The van der Waals surface area contributed by atoms with E-state index in [-0.39, 0.29) is 11.6 Å². The first kappa shape index (κ1) is 21.4. The number of fused-ring (bicyclic) bond motifs is 1. The van der Waals surface area contributed by atoms with Crippen molar-refractivity contribution in [3.05, 3.63) is 76.4 Å². The Balaban J connectivity index is 1.68. The molecule has 0 aliphatic carbocycles. The molecule has 0 saturated heterocycles. The van der Waals surface area contributed by atoms with E-state index in [0.29, 0.717) is 16.7 Å². The van der Waals surface area contributed by atoms with Gasteiger partial charge in [0.05, 0.1) is 7.11 Å². The number of rotatable bonds is 4. The van der Waals surface area contributed by atoms with Gasteiger partial charge in [0.25, 0.3) is 5.91 Å². The molecule has 4 aromatic rings. The third-order valence-corrected chi connectivity index (χ3v) is 5.03. The monoisotopic (exact) mass is 444 g/mol. The Bertz CT molecular complexity index is 1310. The van der Waals surface area contributed by atoms with Crippen LogP contribution in [-0.4, -0.2) is 18.0 Å². The molecule has 1 amide bonds. The van der Waals surface area contributed by atoms with Crippen LogP contribution in [0.15, 0.2) is 40.8 Å². The second-order valence-electron chi connectivity index (χ2n) is 7.12. The lowest BCUT2D eigenvalue weighted by Crippen LogP contribution is -2.18. The van der Waals surface area contributed by atoms with Crippen LogP contribution in [0.1, 0.15) is 21.5 Å². The number of hydrogen-bond donors (Lipinski definition) is 1. The molecular formula is C23H16F4N2O3. The van der Waals surface area contributed by atoms with E-state index in [2.05, 4.69) is 15.0 Å². The van der Waals surface area contributed by atoms with E-state index >= 15 is 0 Å². The van der Waals surface area contributed by atoms with Crippen molar-refractivity contribution in [3.63, 3.8) is 0 Å². The summed E-state index contributed by atoms with van der Waals surface area (Å²) in [6.07, 6.45) is 0. The smallest absolute Gasteiger partial charge is 0.261 e. The number of hydrogen-bond acceptors (Lipinski definition) is 4. The van der Waals surface area contributed by atoms with Crippen LogP contribution in [0.5, 0.6) is 5.75 Å². The number of nitrogens with one attached hydrogen (secondary N) is 1. The Hall–Kier alpha value is -3.88. The minimum absolute atomic E-state index is 0.109. The Morgan fingerprint density at radius 3 is 2.28 bits per heavy atom. The average molecular weight is 444 g/mol. The fourth-order valence-corrected chi connectivity index (χ4v) is 3.22. The fraction of sp³-hybridized carbons (Fsp3) is 0.130. The van der Waals surface area contributed by atoms with Gasteiger partial charge in [-0.05, 0) is 55.3 Å². The molecule has 3 aromatic carbocycles. The van der Waals surface area contributed by atoms with Crippen LogP contribution >= 0.6 is 0 Å². The molecule has 1 N–H and O–H groups in total. The van der Waals surface area contributed by atoms with E-state index in [4.69, 9.17) is 4.42 Å². The number of aryl methyl sites for hydroxylation is 2. The summed E-state index contributed by atoms with van der Waals surface area (Å²) in [4.78, 5) is 16.8. The minimum atomic E-state index is -1.86. The standard InChI is InChI=1S/C23H16F4N2O3/c1-10-7-14-15(8-11(10)2)32-23(29-14)12-5-4-6-13(9-12)28-22(30)16-17(24)19(26)21(31-3)20(27)18(16)25/h4-9H,1-3H3,(H,28,30). The van der Waals surface area contributed by atoms with Crippen molar-refractivity contribution in [2.24, 2.45) is 0 Å². The summed E-state index contributed by atoms with van der Waals surface area (Å²) in [5.41, 5.74) is 2.47.